The lowest BCUT2D eigenvalue weighted by Gasteiger charge is -2.21. The number of hydrogen-bond acceptors (Lipinski definition) is 3. The van der Waals surface area contributed by atoms with Crippen LogP contribution in [0, 0.1) is 6.92 Å². The lowest BCUT2D eigenvalue weighted by molar-refractivity contribution is -0.633. The number of aromatic nitrogens is 2. The SMILES string of the molecule is Cc1ccc2c(oc3cc(C4=NC(C)(C)CS4)ccc32)c1-c1n(-c2c(C(C)C)cc(-c3ccc(-c4ccccc4)cc3)cc2C(C)C)c2ccccc2[n+]1C. The van der Waals surface area contributed by atoms with E-state index in [4.69, 9.17) is 9.41 Å². The zero-order valence-corrected chi connectivity index (χ0v) is 33.9. The molecule has 3 heterocycles. The van der Waals surface area contributed by atoms with Gasteiger partial charge in [0.25, 0.3) is 5.82 Å². The molecule has 1 aliphatic heterocycles. The summed E-state index contributed by atoms with van der Waals surface area (Å²) in [6, 6.07) is 44.5. The topological polar surface area (TPSA) is 34.3 Å². The van der Waals surface area contributed by atoms with E-state index in [2.05, 4.69) is 186 Å². The van der Waals surface area contributed by atoms with Gasteiger partial charge in [-0.1, -0.05) is 113 Å². The largest absolute Gasteiger partial charge is 0.455 e. The molecule has 0 saturated heterocycles. The van der Waals surface area contributed by atoms with Crippen molar-refractivity contribution < 1.29 is 8.98 Å². The van der Waals surface area contributed by atoms with Crippen molar-refractivity contribution in [1.82, 2.24) is 4.57 Å². The molecule has 9 rings (SSSR count). The zero-order valence-electron chi connectivity index (χ0n) is 33.1. The van der Waals surface area contributed by atoms with Crippen molar-refractivity contribution in [3.05, 3.63) is 144 Å². The molecule has 2 aromatic heterocycles. The highest BCUT2D eigenvalue weighted by Gasteiger charge is 2.34. The second-order valence-electron chi connectivity index (χ2n) is 16.4. The average molecular weight is 739 g/mol. The van der Waals surface area contributed by atoms with Gasteiger partial charge in [-0.3, -0.25) is 4.99 Å². The normalized spacial score (nSPS) is 14.3. The lowest BCUT2D eigenvalue weighted by Crippen LogP contribution is -2.30. The highest BCUT2D eigenvalue weighted by Crippen LogP contribution is 2.44. The first-order chi connectivity index (χ1) is 26.5. The third-order valence-corrected chi connectivity index (χ3v) is 12.7. The number of nitrogens with zero attached hydrogens (tertiary/aromatic N) is 3. The number of thioether (sulfide) groups is 1. The first kappa shape index (κ1) is 35.3. The molecule has 0 unspecified atom stereocenters. The van der Waals surface area contributed by atoms with Crippen molar-refractivity contribution in [2.24, 2.45) is 12.0 Å². The van der Waals surface area contributed by atoms with E-state index in [0.717, 1.165) is 49.7 Å². The fourth-order valence-corrected chi connectivity index (χ4v) is 9.53. The Morgan fingerprint density at radius 1 is 0.691 bits per heavy atom. The molecular formula is C50H48N3OS+. The fourth-order valence-electron chi connectivity index (χ4n) is 8.37. The van der Waals surface area contributed by atoms with E-state index in [1.165, 1.54) is 55.7 Å². The standard InChI is InChI=1S/C50H48N3OS/c1-30(2)40-26-37(35-21-19-34(20-22-35)33-14-10-9-11-15-33)27-41(31(3)4)46(40)53-43-17-13-12-16-42(43)52(8)49(53)45-32(5)18-24-39-38-25-23-36(28-44(38)54-47(39)45)48-51-50(6,7)29-55-48/h9-28,30-31H,29H2,1-8H3/q+1. The number of fused-ring (bicyclic) bond motifs is 4. The highest BCUT2D eigenvalue weighted by molar-refractivity contribution is 8.14. The number of aryl methyl sites for hydroxylation is 2. The molecule has 0 bridgehead atoms. The minimum atomic E-state index is -0.0514. The smallest absolute Gasteiger partial charge is 0.299 e. The maximum Gasteiger partial charge on any atom is 0.299 e. The molecule has 0 radical (unpaired) electrons. The summed E-state index contributed by atoms with van der Waals surface area (Å²) >= 11 is 1.83. The molecule has 1 aliphatic rings. The van der Waals surface area contributed by atoms with Crippen molar-refractivity contribution in [2.75, 3.05) is 5.75 Å². The maximum atomic E-state index is 7.00. The van der Waals surface area contributed by atoms with Gasteiger partial charge < -0.3 is 4.42 Å². The molecule has 0 amide bonds. The summed E-state index contributed by atoms with van der Waals surface area (Å²) in [6.07, 6.45) is 0. The Balaban J connectivity index is 1.28. The number of rotatable bonds is 7. The quantitative estimate of drug-likeness (QED) is 0.153. The molecule has 0 saturated carbocycles. The van der Waals surface area contributed by atoms with Crippen molar-refractivity contribution in [3.63, 3.8) is 0 Å². The molecular weight excluding hydrogens is 691 g/mol. The van der Waals surface area contributed by atoms with Crippen LogP contribution in [0.5, 0.6) is 0 Å². The fraction of sp³-hybridized carbons (Fsp3) is 0.240. The number of benzene rings is 6. The number of furan rings is 1. The second-order valence-corrected chi connectivity index (χ2v) is 17.4. The summed E-state index contributed by atoms with van der Waals surface area (Å²) in [6.45, 7) is 15.9. The van der Waals surface area contributed by atoms with Crippen LogP contribution in [0.25, 0.3) is 72.3 Å². The summed E-state index contributed by atoms with van der Waals surface area (Å²) < 4.78 is 11.9. The van der Waals surface area contributed by atoms with Crippen molar-refractivity contribution >= 4 is 49.8 Å². The summed E-state index contributed by atoms with van der Waals surface area (Å²) in [4.78, 5) is 5.03. The van der Waals surface area contributed by atoms with E-state index in [-0.39, 0.29) is 17.4 Å². The molecule has 0 atom stereocenters. The third-order valence-electron chi connectivity index (χ3n) is 11.3. The van der Waals surface area contributed by atoms with Crippen LogP contribution in [0.1, 0.15) is 75.6 Å². The van der Waals surface area contributed by atoms with Gasteiger partial charge >= 0.3 is 0 Å². The van der Waals surface area contributed by atoms with E-state index in [9.17, 15) is 0 Å². The summed E-state index contributed by atoms with van der Waals surface area (Å²) in [7, 11) is 2.21. The van der Waals surface area contributed by atoms with Gasteiger partial charge in [-0.25, -0.2) is 4.57 Å². The van der Waals surface area contributed by atoms with Crippen LogP contribution in [-0.2, 0) is 7.05 Å². The van der Waals surface area contributed by atoms with Gasteiger partial charge in [0.05, 0.1) is 17.6 Å². The van der Waals surface area contributed by atoms with Gasteiger partial charge in [0, 0.05) is 33.2 Å². The van der Waals surface area contributed by atoms with Crippen LogP contribution < -0.4 is 4.57 Å². The van der Waals surface area contributed by atoms with E-state index in [1.807, 2.05) is 11.8 Å². The van der Waals surface area contributed by atoms with E-state index < -0.39 is 0 Å². The first-order valence-electron chi connectivity index (χ1n) is 19.5. The molecule has 0 aliphatic carbocycles. The van der Waals surface area contributed by atoms with Gasteiger partial charge in [0.1, 0.15) is 16.8 Å². The molecule has 274 valence electrons. The predicted molar refractivity (Wildman–Crippen MR) is 234 cm³/mol. The maximum absolute atomic E-state index is 7.00. The third kappa shape index (κ3) is 6.01. The minimum absolute atomic E-state index is 0.0514. The lowest BCUT2D eigenvalue weighted by atomic mass is 9.87. The monoisotopic (exact) mass is 738 g/mol. The molecule has 0 N–H and O–H groups in total. The van der Waals surface area contributed by atoms with Gasteiger partial charge in [-0.05, 0) is 96.8 Å². The van der Waals surface area contributed by atoms with Gasteiger partial charge in [0.2, 0.25) is 0 Å². The van der Waals surface area contributed by atoms with Crippen LogP contribution in [0.15, 0.2) is 131 Å². The number of para-hydroxylation sites is 2. The molecule has 55 heavy (non-hydrogen) atoms. The Bertz CT molecular complexity index is 2770. The average Bonchev–Trinajstić information content (AvgIpc) is 3.84. The Morgan fingerprint density at radius 3 is 1.95 bits per heavy atom. The Hall–Kier alpha value is -5.39. The zero-order chi connectivity index (χ0) is 38.2. The van der Waals surface area contributed by atoms with Crippen LogP contribution in [0.4, 0.5) is 0 Å². The predicted octanol–water partition coefficient (Wildman–Crippen LogP) is 13.2. The van der Waals surface area contributed by atoms with Crippen LogP contribution in [0.3, 0.4) is 0 Å². The molecule has 4 nitrogen and oxygen atoms in total. The van der Waals surface area contributed by atoms with Gasteiger partial charge in [-0.15, -0.1) is 11.8 Å². The van der Waals surface area contributed by atoms with Crippen LogP contribution >= 0.6 is 11.8 Å². The van der Waals surface area contributed by atoms with Crippen molar-refractivity contribution in [2.45, 2.75) is 65.8 Å². The number of imidazole rings is 1. The van der Waals surface area contributed by atoms with Crippen molar-refractivity contribution in [3.8, 4) is 39.3 Å². The molecule has 8 aromatic rings. The van der Waals surface area contributed by atoms with E-state index in [0.29, 0.717) is 0 Å². The Morgan fingerprint density at radius 2 is 1.29 bits per heavy atom. The molecule has 5 heteroatoms. The Kier molecular flexibility index (Phi) is 8.62. The van der Waals surface area contributed by atoms with Gasteiger partial charge in [-0.2, -0.15) is 4.57 Å². The van der Waals surface area contributed by atoms with Crippen molar-refractivity contribution in [1.29, 1.82) is 0 Å². The van der Waals surface area contributed by atoms with Gasteiger partial charge in [0.15, 0.2) is 16.6 Å². The second kappa shape index (κ2) is 13.4. The van der Waals surface area contributed by atoms with Crippen LogP contribution in [-0.4, -0.2) is 20.9 Å². The highest BCUT2D eigenvalue weighted by atomic mass is 32.2. The van der Waals surface area contributed by atoms with E-state index >= 15 is 0 Å². The number of hydrogen-bond donors (Lipinski definition) is 0. The molecule has 0 spiro atoms. The summed E-state index contributed by atoms with van der Waals surface area (Å²) in [5.41, 5.74) is 16.4. The van der Waals surface area contributed by atoms with E-state index in [1.54, 1.807) is 0 Å². The Labute approximate surface area is 328 Å². The summed E-state index contributed by atoms with van der Waals surface area (Å²) in [5, 5.41) is 3.35. The molecule has 0 fully saturated rings. The minimum Gasteiger partial charge on any atom is -0.455 e. The summed E-state index contributed by atoms with van der Waals surface area (Å²) in [5.74, 6) is 2.66. The molecule has 6 aromatic carbocycles. The van der Waals surface area contributed by atoms with Crippen LogP contribution in [0.2, 0.25) is 0 Å². The number of aliphatic imine (C=N–C) groups is 1. The first-order valence-corrected chi connectivity index (χ1v) is 20.5.